The molecule has 0 spiro atoms. The molecule has 82 valence electrons. The first kappa shape index (κ1) is 10.8. The summed E-state index contributed by atoms with van der Waals surface area (Å²) in [6, 6.07) is 5.59. The molecule has 1 saturated heterocycles. The second-order valence-corrected chi connectivity index (χ2v) is 4.11. The van der Waals surface area contributed by atoms with E-state index in [4.69, 9.17) is 0 Å². The summed E-state index contributed by atoms with van der Waals surface area (Å²) in [6.45, 7) is 1.83. The smallest absolute Gasteiger partial charge is 0.236 e. The minimum absolute atomic E-state index is 0.0329. The molecular weight excluding hydrogens is 224 g/mol. The number of rotatable bonds is 2. The second-order valence-electron chi connectivity index (χ2n) is 3.14. The highest BCUT2D eigenvalue weighted by Crippen LogP contribution is 2.09. The van der Waals surface area contributed by atoms with Crippen molar-refractivity contribution in [2.75, 3.05) is 5.75 Å². The highest BCUT2D eigenvalue weighted by molar-refractivity contribution is 8.15. The van der Waals surface area contributed by atoms with Crippen molar-refractivity contribution >= 4 is 28.5 Å². The van der Waals surface area contributed by atoms with E-state index >= 15 is 0 Å². The van der Waals surface area contributed by atoms with Crippen LogP contribution >= 0.6 is 11.8 Å². The van der Waals surface area contributed by atoms with E-state index < -0.39 is 0 Å². The van der Waals surface area contributed by atoms with Crippen molar-refractivity contribution in [2.24, 2.45) is 10.2 Å². The van der Waals surface area contributed by atoms with Gasteiger partial charge in [0.05, 0.1) is 17.2 Å². The summed E-state index contributed by atoms with van der Waals surface area (Å²) < 4.78 is 0. The summed E-state index contributed by atoms with van der Waals surface area (Å²) in [6.07, 6.45) is 1.70. The lowest BCUT2D eigenvalue weighted by Crippen LogP contribution is -2.19. The SMILES string of the molecule is C/C(=N/N=C1\NC(=O)CS1)c1ccccn1. The number of nitrogens with zero attached hydrogens (tertiary/aromatic N) is 3. The first-order valence-corrected chi connectivity index (χ1v) is 5.70. The number of pyridine rings is 1. The zero-order chi connectivity index (χ0) is 11.4. The number of amidine groups is 1. The second kappa shape index (κ2) is 4.89. The number of nitrogens with one attached hydrogen (secondary N) is 1. The van der Waals surface area contributed by atoms with Gasteiger partial charge in [0.25, 0.3) is 0 Å². The van der Waals surface area contributed by atoms with Crippen LogP contribution in [0.5, 0.6) is 0 Å². The minimum Gasteiger partial charge on any atom is -0.303 e. The molecule has 1 N–H and O–H groups in total. The van der Waals surface area contributed by atoms with E-state index in [1.807, 2.05) is 25.1 Å². The molecule has 0 unspecified atom stereocenters. The molecule has 1 aromatic heterocycles. The van der Waals surface area contributed by atoms with Crippen LogP contribution in [-0.2, 0) is 4.79 Å². The van der Waals surface area contributed by atoms with E-state index in [0.717, 1.165) is 11.4 Å². The number of amides is 1. The Morgan fingerprint density at radius 1 is 1.56 bits per heavy atom. The van der Waals surface area contributed by atoms with Gasteiger partial charge in [0.15, 0.2) is 5.17 Å². The van der Waals surface area contributed by atoms with Gasteiger partial charge in [0.2, 0.25) is 5.91 Å². The summed E-state index contributed by atoms with van der Waals surface area (Å²) >= 11 is 1.35. The molecule has 0 aliphatic carbocycles. The summed E-state index contributed by atoms with van der Waals surface area (Å²) in [5, 5.41) is 11.1. The molecule has 2 heterocycles. The van der Waals surface area contributed by atoms with Crippen LogP contribution in [-0.4, -0.2) is 27.5 Å². The predicted octanol–water partition coefficient (Wildman–Crippen LogP) is 1.02. The summed E-state index contributed by atoms with van der Waals surface area (Å²) in [5.41, 5.74) is 1.50. The zero-order valence-electron chi connectivity index (χ0n) is 8.67. The largest absolute Gasteiger partial charge is 0.303 e. The van der Waals surface area contributed by atoms with Gasteiger partial charge in [-0.3, -0.25) is 9.78 Å². The van der Waals surface area contributed by atoms with Crippen molar-refractivity contribution in [1.29, 1.82) is 0 Å². The summed E-state index contributed by atoms with van der Waals surface area (Å²) in [4.78, 5) is 15.0. The standard InChI is InChI=1S/C10H10N4OS/c1-7(8-4-2-3-5-11-8)13-14-10-12-9(15)6-16-10/h2-5H,6H2,1H3,(H,12,14,15)/b13-7-. The molecule has 1 fully saturated rings. The molecule has 1 amide bonds. The molecular formula is C10H10N4OS. The van der Waals surface area contributed by atoms with Crippen LogP contribution in [0.25, 0.3) is 0 Å². The van der Waals surface area contributed by atoms with Crippen molar-refractivity contribution in [2.45, 2.75) is 6.92 Å². The average molecular weight is 234 g/mol. The highest BCUT2D eigenvalue weighted by Gasteiger charge is 2.16. The quantitative estimate of drug-likeness (QED) is 0.613. The Hall–Kier alpha value is -1.69. The molecule has 0 atom stereocenters. The van der Waals surface area contributed by atoms with Crippen molar-refractivity contribution in [1.82, 2.24) is 10.3 Å². The lowest BCUT2D eigenvalue weighted by atomic mass is 10.3. The third kappa shape index (κ3) is 2.66. The number of carbonyl (C=O) groups is 1. The third-order valence-corrected chi connectivity index (χ3v) is 2.78. The molecule has 1 aromatic rings. The van der Waals surface area contributed by atoms with Gasteiger partial charge in [-0.1, -0.05) is 17.8 Å². The Bertz CT molecular complexity index is 455. The molecule has 1 aliphatic rings. The summed E-state index contributed by atoms with van der Waals surface area (Å²) in [7, 11) is 0. The average Bonchev–Trinajstić information content (AvgIpc) is 2.73. The Labute approximate surface area is 97.1 Å². The minimum atomic E-state index is -0.0329. The van der Waals surface area contributed by atoms with Crippen molar-refractivity contribution < 1.29 is 4.79 Å². The Morgan fingerprint density at radius 2 is 2.44 bits per heavy atom. The Kier molecular flexibility index (Phi) is 3.31. The number of carbonyl (C=O) groups excluding carboxylic acids is 1. The van der Waals surface area contributed by atoms with Gasteiger partial charge in [-0.25, -0.2) is 0 Å². The predicted molar refractivity (Wildman–Crippen MR) is 64.5 cm³/mol. The topological polar surface area (TPSA) is 66.7 Å². The van der Waals surface area contributed by atoms with Gasteiger partial charge in [0.1, 0.15) is 0 Å². The Morgan fingerprint density at radius 3 is 3.06 bits per heavy atom. The first-order chi connectivity index (χ1) is 7.75. The molecule has 0 radical (unpaired) electrons. The molecule has 6 heteroatoms. The normalized spacial score (nSPS) is 18.9. The number of aromatic nitrogens is 1. The first-order valence-electron chi connectivity index (χ1n) is 4.72. The van der Waals surface area contributed by atoms with Crippen LogP contribution in [0.4, 0.5) is 0 Å². The fraction of sp³-hybridized carbons (Fsp3) is 0.200. The lowest BCUT2D eigenvalue weighted by molar-refractivity contribution is -0.116. The third-order valence-electron chi connectivity index (χ3n) is 1.91. The fourth-order valence-corrected chi connectivity index (χ4v) is 1.75. The van der Waals surface area contributed by atoms with Crippen LogP contribution in [0, 0.1) is 0 Å². The maximum absolute atomic E-state index is 10.9. The van der Waals surface area contributed by atoms with E-state index in [1.165, 1.54) is 11.8 Å². The zero-order valence-corrected chi connectivity index (χ0v) is 9.49. The van der Waals surface area contributed by atoms with E-state index in [1.54, 1.807) is 6.20 Å². The van der Waals surface area contributed by atoms with Gasteiger partial charge in [-0.15, -0.1) is 5.10 Å². The monoisotopic (exact) mass is 234 g/mol. The molecule has 5 nitrogen and oxygen atoms in total. The molecule has 0 bridgehead atoms. The van der Waals surface area contributed by atoms with Crippen LogP contribution in [0.2, 0.25) is 0 Å². The molecule has 0 aromatic carbocycles. The fourth-order valence-electron chi connectivity index (χ4n) is 1.13. The van der Waals surface area contributed by atoms with Gasteiger partial charge in [-0.2, -0.15) is 5.10 Å². The molecule has 1 aliphatic heterocycles. The van der Waals surface area contributed by atoms with Crippen molar-refractivity contribution in [3.63, 3.8) is 0 Å². The van der Waals surface area contributed by atoms with Crippen LogP contribution in [0.15, 0.2) is 34.6 Å². The number of thioether (sulfide) groups is 1. The van der Waals surface area contributed by atoms with Gasteiger partial charge < -0.3 is 5.32 Å². The maximum atomic E-state index is 10.9. The van der Waals surface area contributed by atoms with E-state index in [0.29, 0.717) is 10.9 Å². The molecule has 0 saturated carbocycles. The van der Waals surface area contributed by atoms with Gasteiger partial charge in [0, 0.05) is 6.20 Å². The van der Waals surface area contributed by atoms with Gasteiger partial charge in [-0.05, 0) is 19.1 Å². The molecule has 16 heavy (non-hydrogen) atoms. The number of hydrogen-bond donors (Lipinski definition) is 1. The van der Waals surface area contributed by atoms with Crippen molar-refractivity contribution in [3.8, 4) is 0 Å². The Balaban J connectivity index is 2.11. The van der Waals surface area contributed by atoms with E-state index in [2.05, 4.69) is 20.5 Å². The highest BCUT2D eigenvalue weighted by atomic mass is 32.2. The maximum Gasteiger partial charge on any atom is 0.236 e. The lowest BCUT2D eigenvalue weighted by Gasteiger charge is -1.96. The van der Waals surface area contributed by atoms with E-state index in [9.17, 15) is 4.79 Å². The van der Waals surface area contributed by atoms with Gasteiger partial charge >= 0.3 is 0 Å². The van der Waals surface area contributed by atoms with Crippen molar-refractivity contribution in [3.05, 3.63) is 30.1 Å². The number of hydrogen-bond acceptors (Lipinski definition) is 5. The van der Waals surface area contributed by atoms with Crippen LogP contribution in [0.3, 0.4) is 0 Å². The van der Waals surface area contributed by atoms with Crippen LogP contribution in [0.1, 0.15) is 12.6 Å². The molecule has 2 rings (SSSR count). The van der Waals surface area contributed by atoms with E-state index in [-0.39, 0.29) is 5.91 Å². The van der Waals surface area contributed by atoms with Crippen LogP contribution < -0.4 is 5.32 Å². The summed E-state index contributed by atoms with van der Waals surface area (Å²) in [5.74, 6) is 0.381.